The largest absolute Gasteiger partial charge is 0.463 e. The number of nitrogens with zero attached hydrogens (tertiary/aromatic N) is 1. The highest BCUT2D eigenvalue weighted by Crippen LogP contribution is 2.12. The summed E-state index contributed by atoms with van der Waals surface area (Å²) >= 11 is 0. The Morgan fingerprint density at radius 2 is 0.694 bits per heavy atom. The standard InChI is InChI=1S/C52H99NO9/c1-3-5-7-9-11-13-15-17-19-21-23-25-27-29-31-35-51(55)61-49-47-59-45-43-57-41-38-53(37-33-34-40-54)39-42-58-44-46-60-48-50-62-52(56)36-32-30-28-26-24-22-20-18-16-14-12-10-8-6-4-2/h17-20,54H,3-16,21-50H2,1-2H3/b19-17-,20-18-. The van der Waals surface area contributed by atoms with Crippen LogP contribution < -0.4 is 0 Å². The quantitative estimate of drug-likeness (QED) is 0.0360. The summed E-state index contributed by atoms with van der Waals surface area (Å²) in [7, 11) is 0. The number of aliphatic hydroxyl groups is 1. The first-order chi connectivity index (χ1) is 30.6. The fourth-order valence-electron chi connectivity index (χ4n) is 7.07. The van der Waals surface area contributed by atoms with Crippen LogP contribution in [-0.4, -0.2) is 114 Å². The van der Waals surface area contributed by atoms with Gasteiger partial charge in [0.25, 0.3) is 0 Å². The van der Waals surface area contributed by atoms with Crippen LogP contribution in [0, 0.1) is 0 Å². The molecule has 0 rings (SSSR count). The van der Waals surface area contributed by atoms with Crippen LogP contribution in [0.25, 0.3) is 0 Å². The summed E-state index contributed by atoms with van der Waals surface area (Å²) < 4.78 is 33.4. The van der Waals surface area contributed by atoms with Crippen molar-refractivity contribution in [3.63, 3.8) is 0 Å². The molecule has 1 N–H and O–H groups in total. The molecule has 0 aliphatic heterocycles. The minimum atomic E-state index is -0.141. The second-order valence-corrected chi connectivity index (χ2v) is 16.8. The van der Waals surface area contributed by atoms with Gasteiger partial charge in [-0.15, -0.1) is 0 Å². The summed E-state index contributed by atoms with van der Waals surface area (Å²) in [5, 5.41) is 9.20. The van der Waals surface area contributed by atoms with Crippen LogP contribution in [-0.2, 0) is 38.0 Å². The molecule has 0 aliphatic rings. The second kappa shape index (κ2) is 53.5. The van der Waals surface area contributed by atoms with Gasteiger partial charge in [0.2, 0.25) is 0 Å². The Kier molecular flexibility index (Phi) is 51.9. The van der Waals surface area contributed by atoms with Crippen molar-refractivity contribution in [3.05, 3.63) is 24.3 Å². The molecular weight excluding hydrogens is 783 g/mol. The highest BCUT2D eigenvalue weighted by atomic mass is 16.6. The summed E-state index contributed by atoms with van der Waals surface area (Å²) in [5.41, 5.74) is 0. The average Bonchev–Trinajstić information content (AvgIpc) is 3.27. The number of hydrogen-bond acceptors (Lipinski definition) is 10. The molecule has 0 aromatic carbocycles. The zero-order valence-corrected chi connectivity index (χ0v) is 40.6. The van der Waals surface area contributed by atoms with Crippen molar-refractivity contribution >= 4 is 11.9 Å². The summed E-state index contributed by atoms with van der Waals surface area (Å²) in [6.07, 6.45) is 44.3. The lowest BCUT2D eigenvalue weighted by molar-refractivity contribution is -0.146. The maximum absolute atomic E-state index is 12.0. The van der Waals surface area contributed by atoms with Crippen molar-refractivity contribution in [3.8, 4) is 0 Å². The van der Waals surface area contributed by atoms with Gasteiger partial charge in [0.05, 0.1) is 52.9 Å². The van der Waals surface area contributed by atoms with E-state index < -0.39 is 0 Å². The smallest absolute Gasteiger partial charge is 0.305 e. The van der Waals surface area contributed by atoms with Crippen molar-refractivity contribution in [1.29, 1.82) is 0 Å². The molecule has 0 heterocycles. The van der Waals surface area contributed by atoms with Crippen molar-refractivity contribution in [2.24, 2.45) is 0 Å². The molecule has 366 valence electrons. The Balaban J connectivity index is 3.62. The van der Waals surface area contributed by atoms with Crippen LogP contribution in [0.2, 0.25) is 0 Å². The lowest BCUT2D eigenvalue weighted by atomic mass is 10.1. The molecule has 10 nitrogen and oxygen atoms in total. The van der Waals surface area contributed by atoms with Gasteiger partial charge in [-0.2, -0.15) is 0 Å². The fraction of sp³-hybridized carbons (Fsp3) is 0.885. The SMILES string of the molecule is CCCCCCCC/C=C\CCCCCCCC(=O)OCCOCCOCCN(CCCCO)CCOCCOCCOC(=O)CCCCCCC/C=C\CCCCCCCC. The zero-order valence-electron chi connectivity index (χ0n) is 40.6. The molecule has 0 amide bonds. The number of aliphatic hydroxyl groups excluding tert-OH is 1. The van der Waals surface area contributed by atoms with Gasteiger partial charge in [0.15, 0.2) is 0 Å². The molecule has 10 heteroatoms. The van der Waals surface area contributed by atoms with Crippen molar-refractivity contribution in [2.45, 2.75) is 206 Å². The molecule has 0 saturated heterocycles. The van der Waals surface area contributed by atoms with E-state index in [1.54, 1.807) is 0 Å². The second-order valence-electron chi connectivity index (χ2n) is 16.8. The third kappa shape index (κ3) is 50.8. The Labute approximate surface area is 382 Å². The van der Waals surface area contributed by atoms with Gasteiger partial charge in [-0.3, -0.25) is 14.5 Å². The first-order valence-corrected chi connectivity index (χ1v) is 25.9. The molecule has 0 atom stereocenters. The van der Waals surface area contributed by atoms with Gasteiger partial charge < -0.3 is 33.5 Å². The van der Waals surface area contributed by atoms with E-state index >= 15 is 0 Å². The van der Waals surface area contributed by atoms with Crippen LogP contribution in [0.3, 0.4) is 0 Å². The van der Waals surface area contributed by atoms with E-state index in [1.807, 2.05) is 0 Å². The van der Waals surface area contributed by atoms with Crippen LogP contribution in [0.1, 0.15) is 206 Å². The summed E-state index contributed by atoms with van der Waals surface area (Å²) in [6, 6.07) is 0. The monoisotopic (exact) mass is 882 g/mol. The van der Waals surface area contributed by atoms with Crippen LogP contribution >= 0.6 is 0 Å². The van der Waals surface area contributed by atoms with Crippen LogP contribution in [0.4, 0.5) is 0 Å². The number of hydrogen-bond donors (Lipinski definition) is 1. The summed E-state index contributed by atoms with van der Waals surface area (Å²) in [5.74, 6) is -0.283. The lowest BCUT2D eigenvalue weighted by Gasteiger charge is -2.22. The van der Waals surface area contributed by atoms with E-state index in [4.69, 9.17) is 28.4 Å². The molecule has 0 bridgehead atoms. The maximum atomic E-state index is 12.0. The molecular formula is C52H99NO9. The highest BCUT2D eigenvalue weighted by Gasteiger charge is 2.07. The van der Waals surface area contributed by atoms with Crippen LogP contribution in [0.5, 0.6) is 0 Å². The Morgan fingerprint density at radius 3 is 1.06 bits per heavy atom. The molecule has 0 saturated carbocycles. The minimum Gasteiger partial charge on any atom is -0.463 e. The number of unbranched alkanes of at least 4 members (excludes halogenated alkanes) is 23. The van der Waals surface area contributed by atoms with E-state index in [0.717, 1.165) is 58.2 Å². The van der Waals surface area contributed by atoms with Crippen LogP contribution in [0.15, 0.2) is 24.3 Å². The summed E-state index contributed by atoms with van der Waals surface area (Å²) in [6.45, 7) is 11.4. The highest BCUT2D eigenvalue weighted by molar-refractivity contribution is 5.69. The van der Waals surface area contributed by atoms with Gasteiger partial charge in [-0.1, -0.05) is 141 Å². The molecule has 0 radical (unpaired) electrons. The third-order valence-corrected chi connectivity index (χ3v) is 11.0. The van der Waals surface area contributed by atoms with Gasteiger partial charge in [0, 0.05) is 32.5 Å². The number of carbonyl (C=O) groups is 2. The van der Waals surface area contributed by atoms with E-state index in [0.29, 0.717) is 65.7 Å². The topological polar surface area (TPSA) is 113 Å². The minimum absolute atomic E-state index is 0.141. The normalized spacial score (nSPS) is 11.8. The number of esters is 2. The molecule has 0 spiro atoms. The average molecular weight is 882 g/mol. The van der Waals surface area contributed by atoms with Gasteiger partial charge in [-0.05, 0) is 83.6 Å². The molecule has 0 aromatic rings. The van der Waals surface area contributed by atoms with Gasteiger partial charge in [0.1, 0.15) is 13.2 Å². The van der Waals surface area contributed by atoms with E-state index in [2.05, 4.69) is 43.1 Å². The first kappa shape index (κ1) is 60.2. The van der Waals surface area contributed by atoms with E-state index in [-0.39, 0.29) is 31.8 Å². The lowest BCUT2D eigenvalue weighted by Crippen LogP contribution is -2.32. The Morgan fingerprint density at radius 1 is 0.371 bits per heavy atom. The Bertz CT molecular complexity index is 893. The van der Waals surface area contributed by atoms with Crippen molar-refractivity contribution in [2.75, 3.05) is 92.3 Å². The molecule has 0 aromatic heterocycles. The Hall–Kier alpha value is -1.82. The predicted molar refractivity (Wildman–Crippen MR) is 257 cm³/mol. The number of ether oxygens (including phenoxy) is 6. The van der Waals surface area contributed by atoms with Crippen molar-refractivity contribution < 1.29 is 43.1 Å². The van der Waals surface area contributed by atoms with E-state index in [1.165, 1.54) is 141 Å². The number of carbonyl (C=O) groups excluding carboxylic acids is 2. The fourth-order valence-corrected chi connectivity index (χ4v) is 7.07. The predicted octanol–water partition coefficient (Wildman–Crippen LogP) is 12.3. The van der Waals surface area contributed by atoms with Gasteiger partial charge >= 0.3 is 11.9 Å². The molecule has 0 aliphatic carbocycles. The summed E-state index contributed by atoms with van der Waals surface area (Å²) in [4.78, 5) is 26.3. The molecule has 0 fully saturated rings. The maximum Gasteiger partial charge on any atom is 0.305 e. The molecule has 0 unspecified atom stereocenters. The third-order valence-electron chi connectivity index (χ3n) is 11.0. The zero-order chi connectivity index (χ0) is 44.9. The van der Waals surface area contributed by atoms with Crippen molar-refractivity contribution in [1.82, 2.24) is 4.90 Å². The number of rotatable bonds is 52. The number of allylic oxidation sites excluding steroid dienone is 4. The first-order valence-electron chi connectivity index (χ1n) is 25.9. The van der Waals surface area contributed by atoms with Gasteiger partial charge in [-0.25, -0.2) is 0 Å². The molecule has 62 heavy (non-hydrogen) atoms. The van der Waals surface area contributed by atoms with E-state index in [9.17, 15) is 14.7 Å².